The predicted octanol–water partition coefficient (Wildman–Crippen LogP) is 5.07. The highest BCUT2D eigenvalue weighted by Crippen LogP contribution is 2.46. The molecule has 0 saturated carbocycles. The molecule has 1 N–H and O–H groups in total. The summed E-state index contributed by atoms with van der Waals surface area (Å²) < 4.78 is 28.1. The Balaban J connectivity index is 1.87. The van der Waals surface area contributed by atoms with Gasteiger partial charge in [-0.2, -0.15) is 0 Å². The second-order valence-electron chi connectivity index (χ2n) is 8.01. The van der Waals surface area contributed by atoms with Crippen molar-refractivity contribution in [3.05, 3.63) is 71.3 Å². The summed E-state index contributed by atoms with van der Waals surface area (Å²) in [5.74, 6) is 3.06. The van der Waals surface area contributed by atoms with Crippen LogP contribution in [0.25, 0.3) is 0 Å². The van der Waals surface area contributed by atoms with Crippen molar-refractivity contribution in [1.82, 2.24) is 4.90 Å². The van der Waals surface area contributed by atoms with Crippen molar-refractivity contribution in [1.29, 1.82) is 0 Å². The number of nitrogens with zero attached hydrogens (tertiary/aromatic N) is 1. The fourth-order valence-electron chi connectivity index (χ4n) is 4.50. The molecule has 0 aromatic heterocycles. The molecule has 35 heavy (non-hydrogen) atoms. The van der Waals surface area contributed by atoms with Gasteiger partial charge in [0.15, 0.2) is 28.1 Å². The number of methoxy groups -OCH3 is 5. The number of nitrogens with one attached hydrogen (secondary N) is 1. The molecule has 0 aliphatic carbocycles. The van der Waals surface area contributed by atoms with Crippen molar-refractivity contribution in [3.63, 3.8) is 0 Å². The summed E-state index contributed by atoms with van der Waals surface area (Å²) >= 11 is 5.91. The van der Waals surface area contributed by atoms with E-state index in [1.807, 2.05) is 54.6 Å². The van der Waals surface area contributed by atoms with Gasteiger partial charge in [0.1, 0.15) is 0 Å². The first-order chi connectivity index (χ1) is 17.0. The normalized spacial score (nSPS) is 14.5. The Morgan fingerprint density at radius 3 is 1.97 bits per heavy atom. The van der Waals surface area contributed by atoms with Crippen LogP contribution in [0.3, 0.4) is 0 Å². The van der Waals surface area contributed by atoms with Crippen molar-refractivity contribution in [2.45, 2.75) is 12.5 Å². The SMILES string of the molecule is COc1cc2c(cc1OC)C(c1cc(OC)c(OC)c(OC)c1)N(C(=S)Nc1ccccc1)CC2. The topological polar surface area (TPSA) is 61.4 Å². The van der Waals surface area contributed by atoms with Gasteiger partial charge in [-0.05, 0) is 71.7 Å². The number of para-hydroxylation sites is 1. The summed E-state index contributed by atoms with van der Waals surface area (Å²) in [6.07, 6.45) is 0.799. The van der Waals surface area contributed by atoms with Crippen LogP contribution >= 0.6 is 12.2 Å². The van der Waals surface area contributed by atoms with E-state index in [2.05, 4.69) is 10.2 Å². The zero-order valence-corrected chi connectivity index (χ0v) is 21.4. The molecule has 3 aromatic rings. The van der Waals surface area contributed by atoms with Gasteiger partial charge in [-0.25, -0.2) is 0 Å². The highest BCUT2D eigenvalue weighted by Gasteiger charge is 2.33. The quantitative estimate of drug-likeness (QED) is 0.457. The van der Waals surface area contributed by atoms with E-state index in [9.17, 15) is 0 Å². The van der Waals surface area contributed by atoms with Gasteiger partial charge < -0.3 is 33.9 Å². The highest BCUT2D eigenvalue weighted by atomic mass is 32.1. The lowest BCUT2D eigenvalue weighted by atomic mass is 9.87. The molecule has 4 rings (SSSR count). The van der Waals surface area contributed by atoms with Crippen LogP contribution in [-0.4, -0.2) is 52.1 Å². The minimum absolute atomic E-state index is 0.226. The molecular weight excluding hydrogens is 464 g/mol. The summed E-state index contributed by atoms with van der Waals surface area (Å²) in [5, 5.41) is 4.01. The number of fused-ring (bicyclic) bond motifs is 1. The van der Waals surface area contributed by atoms with Crippen molar-refractivity contribution in [2.75, 3.05) is 47.4 Å². The average molecular weight is 495 g/mol. The molecule has 1 atom stereocenters. The van der Waals surface area contributed by atoms with E-state index >= 15 is 0 Å². The average Bonchev–Trinajstić information content (AvgIpc) is 2.91. The predicted molar refractivity (Wildman–Crippen MR) is 141 cm³/mol. The third kappa shape index (κ3) is 4.79. The van der Waals surface area contributed by atoms with Gasteiger partial charge in [0.05, 0.1) is 41.6 Å². The third-order valence-electron chi connectivity index (χ3n) is 6.16. The van der Waals surface area contributed by atoms with Crippen LogP contribution < -0.4 is 29.0 Å². The van der Waals surface area contributed by atoms with Gasteiger partial charge in [0.25, 0.3) is 0 Å². The smallest absolute Gasteiger partial charge is 0.203 e. The van der Waals surface area contributed by atoms with Crippen LogP contribution in [0.2, 0.25) is 0 Å². The lowest BCUT2D eigenvalue weighted by Crippen LogP contribution is -2.42. The van der Waals surface area contributed by atoms with Crippen molar-refractivity contribution in [3.8, 4) is 28.7 Å². The summed E-state index contributed by atoms with van der Waals surface area (Å²) in [7, 11) is 8.11. The van der Waals surface area contributed by atoms with E-state index in [1.165, 1.54) is 5.56 Å². The summed E-state index contributed by atoms with van der Waals surface area (Å²) in [6, 6.07) is 17.7. The van der Waals surface area contributed by atoms with E-state index < -0.39 is 0 Å². The van der Waals surface area contributed by atoms with E-state index in [-0.39, 0.29) is 6.04 Å². The van der Waals surface area contributed by atoms with Crippen LogP contribution in [0.15, 0.2) is 54.6 Å². The first kappa shape index (κ1) is 24.5. The van der Waals surface area contributed by atoms with Gasteiger partial charge in [-0.15, -0.1) is 0 Å². The summed E-state index contributed by atoms with van der Waals surface area (Å²) in [4.78, 5) is 2.18. The Hall–Kier alpha value is -3.65. The molecule has 0 fully saturated rings. The number of hydrogen-bond donors (Lipinski definition) is 1. The van der Waals surface area contributed by atoms with Crippen molar-refractivity contribution in [2.24, 2.45) is 0 Å². The number of hydrogen-bond acceptors (Lipinski definition) is 6. The van der Waals surface area contributed by atoms with E-state index in [0.29, 0.717) is 40.4 Å². The van der Waals surface area contributed by atoms with Gasteiger partial charge in [0.2, 0.25) is 5.75 Å². The molecule has 1 aliphatic rings. The molecule has 8 heteroatoms. The first-order valence-electron chi connectivity index (χ1n) is 11.2. The molecule has 1 unspecified atom stereocenters. The van der Waals surface area contributed by atoms with E-state index in [4.69, 9.17) is 35.9 Å². The largest absolute Gasteiger partial charge is 0.493 e. The second-order valence-corrected chi connectivity index (χ2v) is 8.39. The minimum atomic E-state index is -0.226. The van der Waals surface area contributed by atoms with Crippen LogP contribution in [0, 0.1) is 0 Å². The molecule has 0 spiro atoms. The molecule has 0 amide bonds. The fourth-order valence-corrected chi connectivity index (χ4v) is 4.81. The van der Waals surface area contributed by atoms with Crippen LogP contribution in [-0.2, 0) is 6.42 Å². The maximum atomic E-state index is 5.91. The van der Waals surface area contributed by atoms with Crippen molar-refractivity contribution < 1.29 is 23.7 Å². The molecule has 7 nitrogen and oxygen atoms in total. The number of rotatable bonds is 7. The minimum Gasteiger partial charge on any atom is -0.493 e. The Morgan fingerprint density at radius 1 is 0.800 bits per heavy atom. The Bertz CT molecular complexity index is 1180. The summed E-state index contributed by atoms with van der Waals surface area (Å²) in [5.41, 5.74) is 4.12. The van der Waals surface area contributed by atoms with Crippen LogP contribution in [0.5, 0.6) is 28.7 Å². The Labute approximate surface area is 211 Å². The van der Waals surface area contributed by atoms with Gasteiger partial charge >= 0.3 is 0 Å². The zero-order valence-electron chi connectivity index (χ0n) is 20.6. The van der Waals surface area contributed by atoms with Gasteiger partial charge in [-0.3, -0.25) is 0 Å². The number of thiocarbonyl (C=S) groups is 1. The lowest BCUT2D eigenvalue weighted by molar-refractivity contribution is 0.314. The molecule has 3 aromatic carbocycles. The van der Waals surface area contributed by atoms with Crippen LogP contribution in [0.4, 0.5) is 5.69 Å². The van der Waals surface area contributed by atoms with Crippen LogP contribution in [0.1, 0.15) is 22.7 Å². The maximum Gasteiger partial charge on any atom is 0.203 e. The first-order valence-corrected chi connectivity index (χ1v) is 11.6. The lowest BCUT2D eigenvalue weighted by Gasteiger charge is -2.40. The molecule has 0 radical (unpaired) electrons. The Morgan fingerprint density at radius 2 is 1.40 bits per heavy atom. The third-order valence-corrected chi connectivity index (χ3v) is 6.50. The standard InChI is InChI=1S/C27H30N2O5S/c1-30-21-13-17-11-12-29(27(35)28-19-9-7-6-8-10-19)25(20(17)16-22(21)31-2)18-14-23(32-3)26(34-5)24(15-18)33-4/h6-10,13-16,25H,11-12H2,1-5H3,(H,28,35). The molecule has 0 saturated heterocycles. The van der Waals surface area contributed by atoms with Gasteiger partial charge in [0, 0.05) is 12.2 Å². The number of benzene rings is 3. The second kappa shape index (κ2) is 10.7. The monoisotopic (exact) mass is 494 g/mol. The Kier molecular flexibility index (Phi) is 7.51. The summed E-state index contributed by atoms with van der Waals surface area (Å²) in [6.45, 7) is 0.711. The molecule has 1 heterocycles. The molecule has 0 bridgehead atoms. The maximum absolute atomic E-state index is 5.91. The fraction of sp³-hybridized carbons (Fsp3) is 0.296. The number of anilines is 1. The number of ether oxygens (including phenoxy) is 5. The van der Waals surface area contributed by atoms with Crippen molar-refractivity contribution >= 4 is 23.0 Å². The molecule has 184 valence electrons. The highest BCUT2D eigenvalue weighted by molar-refractivity contribution is 7.80. The zero-order chi connectivity index (χ0) is 24.9. The van der Waals surface area contributed by atoms with E-state index in [1.54, 1.807) is 35.5 Å². The molecule has 1 aliphatic heterocycles. The van der Waals surface area contributed by atoms with Gasteiger partial charge in [-0.1, -0.05) is 18.2 Å². The molecular formula is C27H30N2O5S. The van der Waals surface area contributed by atoms with E-state index in [0.717, 1.165) is 23.2 Å².